The number of hydrogen-bond acceptors (Lipinski definition) is 3. The van der Waals surface area contributed by atoms with E-state index in [1.165, 1.54) is 25.5 Å². The Kier molecular flexibility index (Phi) is 4.56. The molecular weight excluding hydrogens is 279 g/mol. The zero-order valence-electron chi connectivity index (χ0n) is 11.4. The van der Waals surface area contributed by atoms with Crippen molar-refractivity contribution in [3.05, 3.63) is 34.6 Å². The van der Waals surface area contributed by atoms with E-state index in [0.29, 0.717) is 23.2 Å². The van der Waals surface area contributed by atoms with Crippen LogP contribution in [0.15, 0.2) is 18.2 Å². The second-order valence-electron chi connectivity index (χ2n) is 5.61. The lowest BCUT2D eigenvalue weighted by molar-refractivity contribution is -0.0470. The third-order valence-corrected chi connectivity index (χ3v) is 4.39. The highest BCUT2D eigenvalue weighted by atomic mass is 35.5. The fraction of sp³-hybridized carbons (Fsp3) is 0.600. The van der Waals surface area contributed by atoms with Crippen molar-refractivity contribution in [2.45, 2.75) is 31.5 Å². The van der Waals surface area contributed by atoms with Crippen LogP contribution in [0, 0.1) is 5.82 Å². The Morgan fingerprint density at radius 2 is 2.35 bits per heavy atom. The molecular formula is C15H20ClFN2O. The fourth-order valence-corrected chi connectivity index (χ4v) is 3.25. The molecule has 20 heavy (non-hydrogen) atoms. The van der Waals surface area contributed by atoms with Crippen molar-refractivity contribution in [1.29, 1.82) is 0 Å². The van der Waals surface area contributed by atoms with E-state index in [9.17, 15) is 4.39 Å². The van der Waals surface area contributed by atoms with Crippen LogP contribution < -0.4 is 5.32 Å². The fourth-order valence-electron chi connectivity index (χ4n) is 3.06. The van der Waals surface area contributed by atoms with E-state index in [0.717, 1.165) is 19.7 Å². The van der Waals surface area contributed by atoms with Crippen molar-refractivity contribution in [2.75, 3.05) is 26.2 Å². The zero-order valence-corrected chi connectivity index (χ0v) is 12.2. The van der Waals surface area contributed by atoms with Crippen LogP contribution in [0.25, 0.3) is 0 Å². The summed E-state index contributed by atoms with van der Waals surface area (Å²) < 4.78 is 19.4. The van der Waals surface area contributed by atoms with Gasteiger partial charge in [0.25, 0.3) is 0 Å². The van der Waals surface area contributed by atoms with E-state index < -0.39 is 0 Å². The highest BCUT2D eigenvalue weighted by molar-refractivity contribution is 6.30. The molecule has 2 aliphatic rings. The Morgan fingerprint density at radius 3 is 3.25 bits per heavy atom. The summed E-state index contributed by atoms with van der Waals surface area (Å²) in [6.07, 6.45) is 2.74. The Morgan fingerprint density at radius 1 is 1.45 bits per heavy atom. The minimum Gasteiger partial charge on any atom is -0.374 e. The lowest BCUT2D eigenvalue weighted by Gasteiger charge is -2.35. The maximum Gasteiger partial charge on any atom is 0.127 e. The van der Waals surface area contributed by atoms with Gasteiger partial charge in [-0.2, -0.15) is 0 Å². The summed E-state index contributed by atoms with van der Waals surface area (Å²) >= 11 is 5.88. The number of nitrogens with zero attached hydrogens (tertiary/aromatic N) is 1. The van der Waals surface area contributed by atoms with Crippen LogP contribution in [0.3, 0.4) is 0 Å². The first-order valence-electron chi connectivity index (χ1n) is 7.22. The Labute approximate surface area is 124 Å². The molecule has 3 rings (SSSR count). The molecule has 0 aliphatic carbocycles. The normalized spacial score (nSPS) is 26.7. The van der Waals surface area contributed by atoms with Gasteiger partial charge in [-0.1, -0.05) is 11.6 Å². The van der Waals surface area contributed by atoms with Gasteiger partial charge in [-0.15, -0.1) is 0 Å². The molecule has 2 aliphatic heterocycles. The third-order valence-electron chi connectivity index (χ3n) is 4.16. The van der Waals surface area contributed by atoms with Gasteiger partial charge in [0.05, 0.1) is 12.7 Å². The third kappa shape index (κ3) is 3.31. The number of ether oxygens (including phenoxy) is 1. The van der Waals surface area contributed by atoms with Gasteiger partial charge in [0.2, 0.25) is 0 Å². The second kappa shape index (κ2) is 6.39. The minimum atomic E-state index is -0.217. The van der Waals surface area contributed by atoms with E-state index in [2.05, 4.69) is 10.2 Å². The molecule has 0 aromatic heterocycles. The number of hydrogen-bond donors (Lipinski definition) is 1. The lowest BCUT2D eigenvalue weighted by Crippen LogP contribution is -2.49. The van der Waals surface area contributed by atoms with Crippen LogP contribution in [0.5, 0.6) is 0 Å². The molecule has 5 heteroatoms. The standard InChI is InChI=1S/C15H20ClFN2O/c16-12-3-4-15(17)11(6-12)7-18-8-14-9-19-5-1-2-13(19)10-20-14/h3-4,6,13-14,18H,1-2,5,7-10H2. The molecule has 0 bridgehead atoms. The number of benzene rings is 1. The quantitative estimate of drug-likeness (QED) is 0.924. The molecule has 110 valence electrons. The summed E-state index contributed by atoms with van der Waals surface area (Å²) in [5.41, 5.74) is 0.604. The Balaban J connectivity index is 1.47. The number of morpholine rings is 1. The SMILES string of the molecule is Fc1ccc(Cl)cc1CNCC1CN2CCCC2CO1. The van der Waals surface area contributed by atoms with Gasteiger partial charge in [0.15, 0.2) is 0 Å². The molecule has 2 unspecified atom stereocenters. The molecule has 2 heterocycles. The molecule has 2 saturated heterocycles. The van der Waals surface area contributed by atoms with E-state index >= 15 is 0 Å². The molecule has 3 nitrogen and oxygen atoms in total. The van der Waals surface area contributed by atoms with Gasteiger partial charge in [-0.25, -0.2) is 4.39 Å². The number of fused-ring (bicyclic) bond motifs is 1. The van der Waals surface area contributed by atoms with Crippen molar-refractivity contribution < 1.29 is 9.13 Å². The summed E-state index contributed by atoms with van der Waals surface area (Å²) in [5.74, 6) is -0.217. The smallest absolute Gasteiger partial charge is 0.127 e. The monoisotopic (exact) mass is 298 g/mol. The predicted octanol–water partition coefficient (Wildman–Crippen LogP) is 2.43. The summed E-state index contributed by atoms with van der Waals surface area (Å²) in [4.78, 5) is 2.51. The zero-order chi connectivity index (χ0) is 13.9. The van der Waals surface area contributed by atoms with Crippen molar-refractivity contribution in [3.8, 4) is 0 Å². The number of halogens is 2. The van der Waals surface area contributed by atoms with E-state index in [-0.39, 0.29) is 11.9 Å². The molecule has 2 atom stereocenters. The highest BCUT2D eigenvalue weighted by Crippen LogP contribution is 2.22. The van der Waals surface area contributed by atoms with Crippen molar-refractivity contribution in [2.24, 2.45) is 0 Å². The first-order valence-corrected chi connectivity index (χ1v) is 7.60. The summed E-state index contributed by atoms with van der Waals surface area (Å²) in [7, 11) is 0. The van der Waals surface area contributed by atoms with Gasteiger partial charge in [-0.05, 0) is 37.6 Å². The molecule has 2 fully saturated rings. The van der Waals surface area contributed by atoms with Gasteiger partial charge < -0.3 is 10.1 Å². The predicted molar refractivity (Wildman–Crippen MR) is 77.5 cm³/mol. The molecule has 0 spiro atoms. The van der Waals surface area contributed by atoms with Crippen molar-refractivity contribution in [1.82, 2.24) is 10.2 Å². The molecule has 0 amide bonds. The topological polar surface area (TPSA) is 24.5 Å². The van der Waals surface area contributed by atoms with Crippen LogP contribution in [0.1, 0.15) is 18.4 Å². The molecule has 0 radical (unpaired) electrons. The lowest BCUT2D eigenvalue weighted by atomic mass is 10.1. The summed E-state index contributed by atoms with van der Waals surface area (Å²) in [5, 5.41) is 3.84. The Bertz CT molecular complexity index is 471. The van der Waals surface area contributed by atoms with E-state index in [1.807, 2.05) is 0 Å². The highest BCUT2D eigenvalue weighted by Gasteiger charge is 2.31. The minimum absolute atomic E-state index is 0.201. The molecule has 1 aromatic carbocycles. The molecule has 1 aromatic rings. The first kappa shape index (κ1) is 14.3. The molecule has 1 N–H and O–H groups in total. The van der Waals surface area contributed by atoms with Crippen LogP contribution in [0.4, 0.5) is 4.39 Å². The van der Waals surface area contributed by atoms with Gasteiger partial charge in [-0.3, -0.25) is 4.90 Å². The van der Waals surface area contributed by atoms with Crippen molar-refractivity contribution in [3.63, 3.8) is 0 Å². The van der Waals surface area contributed by atoms with Gasteiger partial charge >= 0.3 is 0 Å². The maximum absolute atomic E-state index is 13.6. The molecule has 0 saturated carbocycles. The van der Waals surface area contributed by atoms with Crippen LogP contribution in [-0.4, -0.2) is 43.3 Å². The number of rotatable bonds is 4. The average molecular weight is 299 g/mol. The van der Waals surface area contributed by atoms with E-state index in [4.69, 9.17) is 16.3 Å². The second-order valence-corrected chi connectivity index (χ2v) is 6.05. The Hall–Kier alpha value is -0.680. The first-order chi connectivity index (χ1) is 9.72. The van der Waals surface area contributed by atoms with Crippen LogP contribution >= 0.6 is 11.6 Å². The average Bonchev–Trinajstić information content (AvgIpc) is 2.90. The summed E-state index contributed by atoms with van der Waals surface area (Å²) in [6, 6.07) is 5.27. The van der Waals surface area contributed by atoms with Crippen molar-refractivity contribution >= 4 is 11.6 Å². The largest absolute Gasteiger partial charge is 0.374 e. The summed E-state index contributed by atoms with van der Waals surface area (Å²) in [6.45, 7) is 4.23. The maximum atomic E-state index is 13.6. The van der Waals surface area contributed by atoms with Crippen LogP contribution in [0.2, 0.25) is 5.02 Å². The van der Waals surface area contributed by atoms with Gasteiger partial charge in [0.1, 0.15) is 5.82 Å². The van der Waals surface area contributed by atoms with Crippen LogP contribution in [-0.2, 0) is 11.3 Å². The van der Waals surface area contributed by atoms with E-state index in [1.54, 1.807) is 12.1 Å². The van der Waals surface area contributed by atoms with Gasteiger partial charge in [0, 0.05) is 36.3 Å². The number of nitrogens with one attached hydrogen (secondary N) is 1.